The van der Waals surface area contributed by atoms with Crippen LogP contribution >= 0.6 is 0 Å². The van der Waals surface area contributed by atoms with Gasteiger partial charge >= 0.3 is 0 Å². The van der Waals surface area contributed by atoms with E-state index in [2.05, 4.69) is 5.16 Å². The minimum Gasteiger partial charge on any atom is -0.495 e. The van der Waals surface area contributed by atoms with Crippen LogP contribution in [0.25, 0.3) is 0 Å². The molecule has 5 nitrogen and oxygen atoms in total. The maximum Gasteiger partial charge on any atom is 0.271 e. The van der Waals surface area contributed by atoms with Gasteiger partial charge in [-0.2, -0.15) is 0 Å². The van der Waals surface area contributed by atoms with Crippen LogP contribution in [0.5, 0.6) is 5.75 Å². The summed E-state index contributed by atoms with van der Waals surface area (Å²) < 4.78 is 19.0. The highest BCUT2D eigenvalue weighted by Gasteiger charge is 2.36. The first-order valence-electron chi connectivity index (χ1n) is 9.05. The van der Waals surface area contributed by atoms with Crippen molar-refractivity contribution in [3.63, 3.8) is 0 Å². The van der Waals surface area contributed by atoms with Gasteiger partial charge in [0.2, 0.25) is 6.10 Å². The van der Waals surface area contributed by atoms with E-state index < -0.39 is 6.10 Å². The van der Waals surface area contributed by atoms with Gasteiger partial charge in [0.05, 0.1) is 18.5 Å². The van der Waals surface area contributed by atoms with Crippen molar-refractivity contribution >= 4 is 17.3 Å². The van der Waals surface area contributed by atoms with Gasteiger partial charge in [0, 0.05) is 18.5 Å². The van der Waals surface area contributed by atoms with E-state index in [1.54, 1.807) is 24.1 Å². The first-order chi connectivity index (χ1) is 13.1. The quantitative estimate of drug-likeness (QED) is 0.832. The molecule has 1 atom stereocenters. The molecule has 2 aromatic rings. The molecule has 0 spiro atoms. The maximum absolute atomic E-state index is 13.5. The monoisotopic (exact) mass is 368 g/mol. The minimum absolute atomic E-state index is 0.144. The Balaban J connectivity index is 1.58. The molecule has 2 heterocycles. The van der Waals surface area contributed by atoms with E-state index in [0.29, 0.717) is 30.0 Å². The molecule has 0 saturated carbocycles. The number of aryl methyl sites for hydroxylation is 1. The molecule has 2 aliphatic heterocycles. The fourth-order valence-corrected chi connectivity index (χ4v) is 3.76. The van der Waals surface area contributed by atoms with Crippen molar-refractivity contribution in [2.24, 2.45) is 5.16 Å². The number of anilines is 1. The first kappa shape index (κ1) is 17.5. The number of hydrogen-bond acceptors (Lipinski definition) is 4. The van der Waals surface area contributed by atoms with E-state index in [4.69, 9.17) is 9.57 Å². The van der Waals surface area contributed by atoms with Crippen molar-refractivity contribution in [3.05, 3.63) is 58.9 Å². The molecule has 0 aromatic heterocycles. The number of benzene rings is 2. The van der Waals surface area contributed by atoms with Gasteiger partial charge in [-0.05, 0) is 49.1 Å². The Bertz CT molecular complexity index is 926. The largest absolute Gasteiger partial charge is 0.495 e. The molecule has 27 heavy (non-hydrogen) atoms. The van der Waals surface area contributed by atoms with Gasteiger partial charge < -0.3 is 14.5 Å². The molecule has 4 rings (SSSR count). The normalized spacial score (nSPS) is 18.6. The second-order valence-electron chi connectivity index (χ2n) is 6.85. The highest BCUT2D eigenvalue weighted by Crippen LogP contribution is 2.39. The molecule has 1 unspecified atom stereocenters. The van der Waals surface area contributed by atoms with Gasteiger partial charge in [-0.25, -0.2) is 4.39 Å². The molecule has 0 aliphatic carbocycles. The molecule has 6 heteroatoms. The summed E-state index contributed by atoms with van der Waals surface area (Å²) >= 11 is 0. The van der Waals surface area contributed by atoms with Crippen LogP contribution in [-0.2, 0) is 16.1 Å². The van der Waals surface area contributed by atoms with Crippen molar-refractivity contribution in [2.75, 3.05) is 18.6 Å². The molecule has 0 fully saturated rings. The predicted octanol–water partition coefficient (Wildman–Crippen LogP) is 3.62. The van der Waals surface area contributed by atoms with Crippen molar-refractivity contribution < 1.29 is 18.8 Å². The lowest BCUT2D eigenvalue weighted by Gasteiger charge is -2.32. The Morgan fingerprint density at radius 1 is 1.33 bits per heavy atom. The van der Waals surface area contributed by atoms with Gasteiger partial charge in [0.25, 0.3) is 5.91 Å². The van der Waals surface area contributed by atoms with Crippen molar-refractivity contribution in [3.8, 4) is 5.75 Å². The molecule has 0 saturated heterocycles. The molecule has 0 radical (unpaired) electrons. The van der Waals surface area contributed by atoms with Crippen LogP contribution in [0, 0.1) is 12.7 Å². The highest BCUT2D eigenvalue weighted by atomic mass is 19.1. The van der Waals surface area contributed by atoms with Crippen molar-refractivity contribution in [1.29, 1.82) is 0 Å². The lowest BCUT2D eigenvalue weighted by molar-refractivity contribution is -0.128. The number of methoxy groups -OCH3 is 1. The third-order valence-corrected chi connectivity index (χ3v) is 5.15. The third-order valence-electron chi connectivity index (χ3n) is 5.15. The van der Waals surface area contributed by atoms with Crippen molar-refractivity contribution in [2.45, 2.75) is 32.3 Å². The highest BCUT2D eigenvalue weighted by molar-refractivity contribution is 6.07. The lowest BCUT2D eigenvalue weighted by atomic mass is 9.95. The maximum atomic E-state index is 13.5. The number of rotatable bonds is 3. The summed E-state index contributed by atoms with van der Waals surface area (Å²) in [6.07, 6.45) is 1.41. The number of fused-ring (bicyclic) bond motifs is 1. The number of halogens is 1. The van der Waals surface area contributed by atoms with Crippen LogP contribution in [0.15, 0.2) is 41.6 Å². The molecular formula is C21H21FN2O3. The number of amides is 1. The Morgan fingerprint density at radius 2 is 2.19 bits per heavy atom. The second-order valence-corrected chi connectivity index (χ2v) is 6.85. The number of hydrogen-bond donors (Lipinski definition) is 0. The molecule has 1 amide bonds. The summed E-state index contributed by atoms with van der Waals surface area (Å²) in [7, 11) is 1.61. The van der Waals surface area contributed by atoms with E-state index in [0.717, 1.165) is 29.7 Å². The Morgan fingerprint density at radius 3 is 2.96 bits per heavy atom. The van der Waals surface area contributed by atoms with E-state index in [1.165, 1.54) is 12.1 Å². The number of carbonyl (C=O) groups is 1. The van der Waals surface area contributed by atoms with E-state index in [9.17, 15) is 9.18 Å². The molecule has 140 valence electrons. The SMILES string of the molecule is COc1ccc(C)c2c1N(C(=O)C1CC(c3cccc(F)c3)=NO1)CCC2. The first-order valence-corrected chi connectivity index (χ1v) is 9.05. The van der Waals surface area contributed by atoms with Crippen LogP contribution in [0.1, 0.15) is 29.5 Å². The van der Waals surface area contributed by atoms with Gasteiger partial charge in [0.15, 0.2) is 0 Å². The third kappa shape index (κ3) is 3.16. The van der Waals surface area contributed by atoms with Crippen LogP contribution in [0.3, 0.4) is 0 Å². The second kappa shape index (κ2) is 7.02. The predicted molar refractivity (Wildman–Crippen MR) is 101 cm³/mol. The topological polar surface area (TPSA) is 51.1 Å². The van der Waals surface area contributed by atoms with Crippen LogP contribution < -0.4 is 9.64 Å². The van der Waals surface area contributed by atoms with Crippen LogP contribution in [0.2, 0.25) is 0 Å². The molecule has 0 bridgehead atoms. The number of carbonyl (C=O) groups excluding carboxylic acids is 1. The molecule has 0 N–H and O–H groups in total. The number of nitrogens with zero attached hydrogens (tertiary/aromatic N) is 2. The average Bonchev–Trinajstić information content (AvgIpc) is 3.18. The Labute approximate surface area is 157 Å². The lowest BCUT2D eigenvalue weighted by Crippen LogP contribution is -2.42. The zero-order chi connectivity index (χ0) is 19.0. The molecule has 2 aromatic carbocycles. The zero-order valence-corrected chi connectivity index (χ0v) is 15.4. The summed E-state index contributed by atoms with van der Waals surface area (Å²) in [5.74, 6) is 0.207. The van der Waals surface area contributed by atoms with Crippen LogP contribution in [0.4, 0.5) is 10.1 Å². The van der Waals surface area contributed by atoms with E-state index in [-0.39, 0.29) is 11.7 Å². The standard InChI is InChI=1S/C21H21FN2O3/c1-13-8-9-18(26-2)20-16(13)7-4-10-24(20)21(25)19-12-17(23-27-19)14-5-3-6-15(22)11-14/h3,5-6,8-9,11,19H,4,7,10,12H2,1-2H3. The summed E-state index contributed by atoms with van der Waals surface area (Å²) in [5, 5.41) is 4.03. The Kier molecular flexibility index (Phi) is 4.56. The summed E-state index contributed by atoms with van der Waals surface area (Å²) in [6.45, 7) is 2.66. The summed E-state index contributed by atoms with van der Waals surface area (Å²) in [4.78, 5) is 20.4. The fraction of sp³-hybridized carbons (Fsp3) is 0.333. The number of ether oxygens (including phenoxy) is 1. The summed E-state index contributed by atoms with van der Waals surface area (Å²) in [6, 6.07) is 10.1. The fourth-order valence-electron chi connectivity index (χ4n) is 3.76. The Hall–Kier alpha value is -2.89. The minimum atomic E-state index is -0.709. The smallest absolute Gasteiger partial charge is 0.271 e. The van der Waals surface area contributed by atoms with Crippen LogP contribution in [-0.4, -0.2) is 31.4 Å². The molecule has 2 aliphatic rings. The van der Waals surface area contributed by atoms with Gasteiger partial charge in [-0.15, -0.1) is 0 Å². The van der Waals surface area contributed by atoms with E-state index in [1.807, 2.05) is 19.1 Å². The van der Waals surface area contributed by atoms with Gasteiger partial charge in [0.1, 0.15) is 11.6 Å². The van der Waals surface area contributed by atoms with Gasteiger partial charge in [-0.3, -0.25) is 4.79 Å². The summed E-state index contributed by atoms with van der Waals surface area (Å²) in [5.41, 5.74) is 4.33. The average molecular weight is 368 g/mol. The molecular weight excluding hydrogens is 347 g/mol. The number of oxime groups is 1. The van der Waals surface area contributed by atoms with Gasteiger partial charge in [-0.1, -0.05) is 23.4 Å². The van der Waals surface area contributed by atoms with Crippen molar-refractivity contribution in [1.82, 2.24) is 0 Å². The van der Waals surface area contributed by atoms with E-state index >= 15 is 0 Å². The zero-order valence-electron chi connectivity index (χ0n) is 15.4.